The van der Waals surface area contributed by atoms with Gasteiger partial charge in [-0.3, -0.25) is 9.59 Å². The van der Waals surface area contributed by atoms with Gasteiger partial charge in [-0.25, -0.2) is 0 Å². The molecule has 148 valence electrons. The Kier molecular flexibility index (Phi) is 4.17. The number of aryl methyl sites for hydroxylation is 1. The zero-order chi connectivity index (χ0) is 20.8. The molecule has 5 heteroatoms. The highest BCUT2D eigenvalue weighted by Crippen LogP contribution is 2.39. The lowest BCUT2D eigenvalue weighted by Crippen LogP contribution is -2.29. The Morgan fingerprint density at radius 2 is 1.70 bits per heavy atom. The maximum Gasteiger partial charge on any atom is 0.291 e. The Morgan fingerprint density at radius 1 is 0.967 bits per heavy atom. The topological polar surface area (TPSA) is 70.8 Å². The van der Waals surface area contributed by atoms with Gasteiger partial charge in [0.2, 0.25) is 5.76 Å². The molecular weight excluding hydrogens is 378 g/mol. The Balaban J connectivity index is 1.74. The summed E-state index contributed by atoms with van der Waals surface area (Å²) in [5.74, 6) is -0.101. The number of hydrogen-bond donors (Lipinski definition) is 1. The largest absolute Gasteiger partial charge is 0.508 e. The van der Waals surface area contributed by atoms with E-state index in [9.17, 15) is 14.7 Å². The van der Waals surface area contributed by atoms with Crippen molar-refractivity contribution in [1.82, 2.24) is 4.90 Å². The van der Waals surface area contributed by atoms with Crippen molar-refractivity contribution >= 4 is 16.9 Å². The summed E-state index contributed by atoms with van der Waals surface area (Å²) in [6.45, 7) is 2.25. The number of fused-ring (bicyclic) bond motifs is 2. The molecule has 3 aromatic carbocycles. The molecule has 1 aliphatic heterocycles. The lowest BCUT2D eigenvalue weighted by Gasteiger charge is -2.25. The number of aromatic hydroxyl groups is 1. The highest BCUT2D eigenvalue weighted by molar-refractivity contribution is 5.99. The van der Waals surface area contributed by atoms with Crippen LogP contribution in [0.4, 0.5) is 0 Å². The van der Waals surface area contributed by atoms with E-state index in [4.69, 9.17) is 4.42 Å². The number of rotatable bonds is 3. The van der Waals surface area contributed by atoms with E-state index in [-0.39, 0.29) is 22.8 Å². The fourth-order valence-electron chi connectivity index (χ4n) is 4.08. The highest BCUT2D eigenvalue weighted by atomic mass is 16.3. The zero-order valence-corrected chi connectivity index (χ0v) is 16.3. The van der Waals surface area contributed by atoms with Gasteiger partial charge in [-0.2, -0.15) is 0 Å². The fraction of sp³-hybridized carbons (Fsp3) is 0.120. The molecule has 0 fully saturated rings. The Labute approximate surface area is 172 Å². The lowest BCUT2D eigenvalue weighted by molar-refractivity contribution is 0.0714. The predicted octanol–water partition coefficient (Wildman–Crippen LogP) is 4.55. The molecule has 4 aromatic rings. The molecule has 0 saturated carbocycles. The number of phenolic OH excluding ortho intramolecular Hbond substituents is 1. The summed E-state index contributed by atoms with van der Waals surface area (Å²) >= 11 is 0. The van der Waals surface area contributed by atoms with Gasteiger partial charge >= 0.3 is 0 Å². The van der Waals surface area contributed by atoms with Crippen LogP contribution in [0.15, 0.2) is 82.0 Å². The first-order valence-corrected chi connectivity index (χ1v) is 9.74. The monoisotopic (exact) mass is 397 g/mol. The SMILES string of the molecule is Cc1ccc2oc3c(c(=O)c2c1)[C@@H](c1ccc(O)cc1)N(Cc1ccccc1)C3=O. The predicted molar refractivity (Wildman–Crippen MR) is 113 cm³/mol. The van der Waals surface area contributed by atoms with Gasteiger partial charge in [0.05, 0.1) is 17.0 Å². The van der Waals surface area contributed by atoms with Crippen molar-refractivity contribution in [2.45, 2.75) is 19.5 Å². The van der Waals surface area contributed by atoms with Crippen molar-refractivity contribution in [3.63, 3.8) is 0 Å². The molecule has 1 aliphatic rings. The average molecular weight is 397 g/mol. The van der Waals surface area contributed by atoms with Gasteiger partial charge in [0.25, 0.3) is 5.91 Å². The maximum absolute atomic E-state index is 13.5. The van der Waals surface area contributed by atoms with Crippen molar-refractivity contribution < 1.29 is 14.3 Å². The number of benzene rings is 3. The summed E-state index contributed by atoms with van der Waals surface area (Å²) in [5, 5.41) is 10.2. The molecule has 0 unspecified atom stereocenters. The second kappa shape index (κ2) is 6.88. The zero-order valence-electron chi connectivity index (χ0n) is 16.3. The number of carbonyl (C=O) groups excluding carboxylic acids is 1. The molecule has 1 atom stereocenters. The first-order valence-electron chi connectivity index (χ1n) is 9.74. The molecule has 5 nitrogen and oxygen atoms in total. The Morgan fingerprint density at radius 3 is 2.43 bits per heavy atom. The minimum absolute atomic E-state index is 0.0883. The van der Waals surface area contributed by atoms with Crippen LogP contribution in [0.25, 0.3) is 11.0 Å². The van der Waals surface area contributed by atoms with E-state index < -0.39 is 6.04 Å². The van der Waals surface area contributed by atoms with Crippen LogP contribution in [0.5, 0.6) is 5.75 Å². The van der Waals surface area contributed by atoms with Gasteiger partial charge in [-0.1, -0.05) is 54.1 Å². The van der Waals surface area contributed by atoms with Crippen molar-refractivity contribution in [3.05, 3.63) is 111 Å². The third-order valence-electron chi connectivity index (χ3n) is 5.53. The third kappa shape index (κ3) is 2.87. The standard InChI is InChI=1S/C25H19NO4/c1-15-7-12-20-19(13-15)23(28)21-22(17-8-10-18(27)11-9-17)26(25(29)24(21)30-20)14-16-5-3-2-4-6-16/h2-13,22,27H,14H2,1H3/t22-/m1/s1. The Bertz CT molecular complexity index is 1320. The summed E-state index contributed by atoms with van der Waals surface area (Å²) in [6.07, 6.45) is 0. The first-order chi connectivity index (χ1) is 14.5. The van der Waals surface area contributed by atoms with Crippen LogP contribution >= 0.6 is 0 Å². The van der Waals surface area contributed by atoms with Crippen LogP contribution in [0.2, 0.25) is 0 Å². The van der Waals surface area contributed by atoms with Crippen LogP contribution in [0, 0.1) is 6.92 Å². The molecule has 5 rings (SSSR count). The molecule has 30 heavy (non-hydrogen) atoms. The van der Waals surface area contributed by atoms with Crippen molar-refractivity contribution in [2.75, 3.05) is 0 Å². The summed E-state index contributed by atoms with van der Waals surface area (Å²) in [7, 11) is 0. The molecule has 0 aliphatic carbocycles. The van der Waals surface area contributed by atoms with E-state index in [2.05, 4.69) is 0 Å². The number of amides is 1. The molecule has 0 bridgehead atoms. The minimum Gasteiger partial charge on any atom is -0.508 e. The number of phenols is 1. The molecule has 0 radical (unpaired) electrons. The van der Waals surface area contributed by atoms with Gasteiger partial charge in [0.1, 0.15) is 11.3 Å². The van der Waals surface area contributed by atoms with Crippen molar-refractivity contribution in [3.8, 4) is 5.75 Å². The second-order valence-corrected chi connectivity index (χ2v) is 7.59. The maximum atomic E-state index is 13.5. The Hall–Kier alpha value is -3.86. The number of carbonyl (C=O) groups is 1. The molecule has 1 aromatic heterocycles. The van der Waals surface area contributed by atoms with E-state index >= 15 is 0 Å². The van der Waals surface area contributed by atoms with Crippen molar-refractivity contribution in [1.29, 1.82) is 0 Å². The van der Waals surface area contributed by atoms with E-state index in [1.165, 1.54) is 0 Å². The molecule has 0 saturated heterocycles. The average Bonchev–Trinajstić information content (AvgIpc) is 3.02. The third-order valence-corrected chi connectivity index (χ3v) is 5.53. The summed E-state index contributed by atoms with van der Waals surface area (Å²) in [6, 6.07) is 21.0. The summed E-state index contributed by atoms with van der Waals surface area (Å²) < 4.78 is 5.96. The normalized spacial score (nSPS) is 15.6. The van der Waals surface area contributed by atoms with E-state index in [1.807, 2.05) is 43.3 Å². The van der Waals surface area contributed by atoms with Crippen LogP contribution < -0.4 is 5.43 Å². The van der Waals surface area contributed by atoms with Crippen LogP contribution in [-0.4, -0.2) is 15.9 Å². The first kappa shape index (κ1) is 18.2. The lowest BCUT2D eigenvalue weighted by atomic mass is 9.98. The van der Waals surface area contributed by atoms with Gasteiger partial charge in [0, 0.05) is 6.54 Å². The second-order valence-electron chi connectivity index (χ2n) is 7.59. The smallest absolute Gasteiger partial charge is 0.291 e. The molecule has 2 heterocycles. The van der Waals surface area contributed by atoms with E-state index in [1.54, 1.807) is 41.3 Å². The minimum atomic E-state index is -0.588. The molecule has 0 spiro atoms. The van der Waals surface area contributed by atoms with E-state index in [0.717, 1.165) is 16.7 Å². The summed E-state index contributed by atoms with van der Waals surface area (Å²) in [4.78, 5) is 28.5. The quantitative estimate of drug-likeness (QED) is 0.550. The van der Waals surface area contributed by atoms with Gasteiger partial charge < -0.3 is 14.4 Å². The van der Waals surface area contributed by atoms with E-state index in [0.29, 0.717) is 23.1 Å². The van der Waals surface area contributed by atoms with Gasteiger partial charge in [0.15, 0.2) is 5.43 Å². The molecule has 1 amide bonds. The van der Waals surface area contributed by atoms with Crippen molar-refractivity contribution in [2.24, 2.45) is 0 Å². The number of hydrogen-bond acceptors (Lipinski definition) is 4. The summed E-state index contributed by atoms with van der Waals surface area (Å²) in [5.41, 5.74) is 3.20. The van der Waals surface area contributed by atoms with Crippen LogP contribution in [0.3, 0.4) is 0 Å². The molecular formula is C25H19NO4. The fourth-order valence-corrected chi connectivity index (χ4v) is 4.08. The molecule has 1 N–H and O–H groups in total. The van der Waals surface area contributed by atoms with Gasteiger partial charge in [-0.15, -0.1) is 0 Å². The number of nitrogens with zero attached hydrogens (tertiary/aromatic N) is 1. The van der Waals surface area contributed by atoms with Crippen LogP contribution in [0.1, 0.15) is 38.9 Å². The van der Waals surface area contributed by atoms with Gasteiger partial charge in [-0.05, 0) is 42.3 Å². The van der Waals surface area contributed by atoms with Crippen LogP contribution in [-0.2, 0) is 6.54 Å². The highest BCUT2D eigenvalue weighted by Gasteiger charge is 2.42.